The van der Waals surface area contributed by atoms with Crippen LogP contribution in [-0.4, -0.2) is 12.2 Å². The maximum atomic E-state index is 12.8. The molecule has 0 bridgehead atoms. The first kappa shape index (κ1) is 10.2. The lowest BCUT2D eigenvalue weighted by atomic mass is 10.1. The van der Waals surface area contributed by atoms with E-state index in [9.17, 15) is 9.18 Å². The average Bonchev–Trinajstić information content (AvgIpc) is 2.10. The number of nitrogens with two attached hydrogens (primary N) is 1. The van der Waals surface area contributed by atoms with Gasteiger partial charge in [-0.25, -0.2) is 14.6 Å². The van der Waals surface area contributed by atoms with Crippen molar-refractivity contribution < 1.29 is 9.18 Å². The van der Waals surface area contributed by atoms with Crippen molar-refractivity contribution in [1.82, 2.24) is 5.43 Å². The predicted octanol–water partition coefficient (Wildman–Crippen LogP) is 1.14. The van der Waals surface area contributed by atoms with Crippen LogP contribution in [0.4, 0.5) is 9.18 Å². The molecule has 0 aliphatic heterocycles. The highest BCUT2D eigenvalue weighted by Gasteiger charge is 1.96. The first-order valence-corrected chi connectivity index (χ1v) is 3.94. The molecule has 74 valence electrons. The molecule has 3 N–H and O–H groups in total. The van der Waals surface area contributed by atoms with Gasteiger partial charge in [-0.2, -0.15) is 5.10 Å². The van der Waals surface area contributed by atoms with Crippen molar-refractivity contribution in [2.45, 2.75) is 6.92 Å². The van der Waals surface area contributed by atoms with Gasteiger partial charge in [0.05, 0.1) is 6.21 Å². The zero-order valence-corrected chi connectivity index (χ0v) is 7.62. The van der Waals surface area contributed by atoms with Crippen molar-refractivity contribution in [3.63, 3.8) is 0 Å². The molecule has 0 atom stereocenters. The van der Waals surface area contributed by atoms with Crippen LogP contribution >= 0.6 is 0 Å². The molecule has 0 unspecified atom stereocenters. The van der Waals surface area contributed by atoms with Gasteiger partial charge in [-0.1, -0.05) is 6.07 Å². The summed E-state index contributed by atoms with van der Waals surface area (Å²) in [6.45, 7) is 1.81. The smallest absolute Gasteiger partial charge is 0.332 e. The van der Waals surface area contributed by atoms with Crippen molar-refractivity contribution in [2.75, 3.05) is 0 Å². The molecule has 0 aliphatic carbocycles. The topological polar surface area (TPSA) is 67.5 Å². The summed E-state index contributed by atoms with van der Waals surface area (Å²) in [5.74, 6) is -0.351. The highest BCUT2D eigenvalue weighted by molar-refractivity contribution is 5.83. The summed E-state index contributed by atoms with van der Waals surface area (Å²) in [4.78, 5) is 10.3. The van der Waals surface area contributed by atoms with E-state index in [4.69, 9.17) is 5.73 Å². The molecule has 0 aromatic heterocycles. The third-order valence-corrected chi connectivity index (χ3v) is 1.62. The zero-order chi connectivity index (χ0) is 10.6. The molecule has 5 heteroatoms. The van der Waals surface area contributed by atoms with Gasteiger partial charge in [-0.3, -0.25) is 0 Å². The largest absolute Gasteiger partial charge is 0.350 e. The van der Waals surface area contributed by atoms with Crippen LogP contribution in [0, 0.1) is 12.7 Å². The molecule has 0 saturated carbocycles. The first-order valence-electron chi connectivity index (χ1n) is 3.94. The number of hydrazone groups is 1. The number of carbonyl (C=O) groups excluding carboxylic acids is 1. The normalized spacial score (nSPS) is 10.4. The maximum Gasteiger partial charge on any atom is 0.332 e. The number of carbonyl (C=O) groups is 1. The van der Waals surface area contributed by atoms with Crippen LogP contribution in [0.3, 0.4) is 0 Å². The van der Waals surface area contributed by atoms with Crippen LogP contribution in [0.5, 0.6) is 0 Å². The summed E-state index contributed by atoms with van der Waals surface area (Å²) < 4.78 is 12.8. The molecule has 1 rings (SSSR count). The SMILES string of the molecule is Cc1ccc(F)cc1/C=N/NC(N)=O. The lowest BCUT2D eigenvalue weighted by Crippen LogP contribution is -2.24. The maximum absolute atomic E-state index is 12.8. The Morgan fingerprint density at radius 2 is 2.36 bits per heavy atom. The van der Waals surface area contributed by atoms with Gasteiger partial charge in [0, 0.05) is 5.56 Å². The van der Waals surface area contributed by atoms with E-state index in [2.05, 4.69) is 5.10 Å². The molecule has 0 heterocycles. The van der Waals surface area contributed by atoms with Crippen LogP contribution in [-0.2, 0) is 0 Å². The fourth-order valence-electron chi connectivity index (χ4n) is 0.916. The Balaban J connectivity index is 2.80. The number of urea groups is 1. The summed E-state index contributed by atoms with van der Waals surface area (Å²) in [6, 6.07) is 3.55. The lowest BCUT2D eigenvalue weighted by molar-refractivity contribution is 0.249. The van der Waals surface area contributed by atoms with E-state index in [0.717, 1.165) is 5.56 Å². The molecular formula is C9H10FN3O. The van der Waals surface area contributed by atoms with E-state index < -0.39 is 6.03 Å². The Morgan fingerprint density at radius 1 is 1.64 bits per heavy atom. The van der Waals surface area contributed by atoms with E-state index in [1.165, 1.54) is 18.3 Å². The average molecular weight is 195 g/mol. The third-order valence-electron chi connectivity index (χ3n) is 1.62. The monoisotopic (exact) mass is 195 g/mol. The lowest BCUT2D eigenvalue weighted by Gasteiger charge is -1.98. The summed E-state index contributed by atoms with van der Waals surface area (Å²) in [6.07, 6.45) is 1.34. The van der Waals surface area contributed by atoms with Gasteiger partial charge in [-0.05, 0) is 24.6 Å². The fourth-order valence-corrected chi connectivity index (χ4v) is 0.916. The minimum atomic E-state index is -0.754. The second-order valence-electron chi connectivity index (χ2n) is 2.74. The van der Waals surface area contributed by atoms with E-state index in [1.807, 2.05) is 12.3 Å². The molecule has 0 radical (unpaired) electrons. The molecule has 0 aliphatic rings. The van der Waals surface area contributed by atoms with E-state index in [-0.39, 0.29) is 5.82 Å². The van der Waals surface area contributed by atoms with Gasteiger partial charge in [0.15, 0.2) is 0 Å². The Morgan fingerprint density at radius 3 is 3.00 bits per heavy atom. The number of halogens is 1. The minimum absolute atomic E-state index is 0.351. The Labute approximate surface area is 80.6 Å². The van der Waals surface area contributed by atoms with Gasteiger partial charge in [-0.15, -0.1) is 0 Å². The molecule has 0 spiro atoms. The van der Waals surface area contributed by atoms with Crippen LogP contribution in [0.25, 0.3) is 0 Å². The summed E-state index contributed by atoms with van der Waals surface area (Å²) in [7, 11) is 0. The summed E-state index contributed by atoms with van der Waals surface area (Å²) in [5, 5.41) is 3.53. The Hall–Kier alpha value is -1.91. The molecule has 1 aromatic carbocycles. The van der Waals surface area contributed by atoms with Gasteiger partial charge < -0.3 is 5.73 Å². The van der Waals surface area contributed by atoms with Crippen LogP contribution in [0.2, 0.25) is 0 Å². The zero-order valence-electron chi connectivity index (χ0n) is 7.62. The van der Waals surface area contributed by atoms with E-state index in [0.29, 0.717) is 5.56 Å². The van der Waals surface area contributed by atoms with Crippen molar-refractivity contribution in [3.05, 3.63) is 35.1 Å². The van der Waals surface area contributed by atoms with Crippen LogP contribution < -0.4 is 11.2 Å². The number of hydrogen-bond donors (Lipinski definition) is 2. The quantitative estimate of drug-likeness (QED) is 0.539. The first-order chi connectivity index (χ1) is 6.59. The molecule has 1 aromatic rings. The van der Waals surface area contributed by atoms with Crippen molar-refractivity contribution >= 4 is 12.2 Å². The summed E-state index contributed by atoms with van der Waals surface area (Å²) >= 11 is 0. The van der Waals surface area contributed by atoms with Crippen LogP contribution in [0.1, 0.15) is 11.1 Å². The van der Waals surface area contributed by atoms with Crippen molar-refractivity contribution in [2.24, 2.45) is 10.8 Å². The molecule has 4 nitrogen and oxygen atoms in total. The molecular weight excluding hydrogens is 185 g/mol. The number of primary amides is 1. The van der Waals surface area contributed by atoms with Crippen molar-refractivity contribution in [3.8, 4) is 0 Å². The predicted molar refractivity (Wildman–Crippen MR) is 51.5 cm³/mol. The number of aryl methyl sites for hydroxylation is 1. The highest BCUT2D eigenvalue weighted by atomic mass is 19.1. The Bertz CT molecular complexity index is 376. The van der Waals surface area contributed by atoms with Gasteiger partial charge >= 0.3 is 6.03 Å². The summed E-state index contributed by atoms with van der Waals surface area (Å²) in [5.41, 5.74) is 8.27. The number of rotatable bonds is 2. The third kappa shape index (κ3) is 2.85. The molecule has 0 saturated heterocycles. The van der Waals surface area contributed by atoms with Crippen LogP contribution in [0.15, 0.2) is 23.3 Å². The second kappa shape index (κ2) is 4.36. The van der Waals surface area contributed by atoms with Gasteiger partial charge in [0.1, 0.15) is 5.82 Å². The fraction of sp³-hybridized carbons (Fsp3) is 0.111. The minimum Gasteiger partial charge on any atom is -0.350 e. The number of nitrogens with zero attached hydrogens (tertiary/aromatic N) is 1. The molecule has 14 heavy (non-hydrogen) atoms. The van der Waals surface area contributed by atoms with Gasteiger partial charge in [0.2, 0.25) is 0 Å². The number of amides is 2. The number of benzene rings is 1. The highest BCUT2D eigenvalue weighted by Crippen LogP contribution is 2.07. The van der Waals surface area contributed by atoms with Gasteiger partial charge in [0.25, 0.3) is 0 Å². The number of hydrogen-bond acceptors (Lipinski definition) is 2. The van der Waals surface area contributed by atoms with E-state index in [1.54, 1.807) is 6.07 Å². The molecule has 2 amide bonds. The standard InChI is InChI=1S/C9H10FN3O/c1-6-2-3-8(10)4-7(6)5-12-13-9(11)14/h2-5H,1H3,(H3,11,13,14)/b12-5+. The second-order valence-corrected chi connectivity index (χ2v) is 2.74. The Kier molecular flexibility index (Phi) is 3.17. The van der Waals surface area contributed by atoms with Crippen molar-refractivity contribution in [1.29, 1.82) is 0 Å². The van der Waals surface area contributed by atoms with E-state index >= 15 is 0 Å². The molecule has 0 fully saturated rings. The number of nitrogens with one attached hydrogen (secondary N) is 1.